The highest BCUT2D eigenvalue weighted by atomic mass is 35.5. The van der Waals surface area contributed by atoms with E-state index in [9.17, 15) is 5.11 Å². The van der Waals surface area contributed by atoms with E-state index >= 15 is 0 Å². The van der Waals surface area contributed by atoms with Gasteiger partial charge in [-0.05, 0) is 18.2 Å². The van der Waals surface area contributed by atoms with Crippen molar-refractivity contribution >= 4 is 51.9 Å². The van der Waals surface area contributed by atoms with E-state index in [0.717, 1.165) is 0 Å². The SMILES string of the molecule is Nc1nc2ccc(O)nc2n1-c1ccc(Cl)c(Cl)c1Cl. The molecule has 1 aromatic carbocycles. The predicted molar refractivity (Wildman–Crippen MR) is 80.0 cm³/mol. The highest BCUT2D eigenvalue weighted by Gasteiger charge is 2.17. The highest BCUT2D eigenvalue weighted by molar-refractivity contribution is 6.48. The van der Waals surface area contributed by atoms with Crippen molar-refractivity contribution in [1.29, 1.82) is 0 Å². The third-order valence-corrected chi connectivity index (χ3v) is 4.06. The third kappa shape index (κ3) is 1.95. The van der Waals surface area contributed by atoms with Crippen molar-refractivity contribution in [1.82, 2.24) is 14.5 Å². The van der Waals surface area contributed by atoms with E-state index in [1.807, 2.05) is 0 Å². The summed E-state index contributed by atoms with van der Waals surface area (Å²) in [5, 5.41) is 10.3. The Balaban J connectivity index is 2.37. The smallest absolute Gasteiger partial charge is 0.212 e. The van der Waals surface area contributed by atoms with Crippen LogP contribution >= 0.6 is 34.8 Å². The molecule has 20 heavy (non-hydrogen) atoms. The second-order valence-corrected chi connectivity index (χ2v) is 5.18. The molecule has 0 atom stereocenters. The summed E-state index contributed by atoms with van der Waals surface area (Å²) in [4.78, 5) is 8.16. The molecule has 0 aliphatic rings. The van der Waals surface area contributed by atoms with Crippen LogP contribution in [0.3, 0.4) is 0 Å². The average Bonchev–Trinajstić information content (AvgIpc) is 2.72. The first-order valence-electron chi connectivity index (χ1n) is 5.47. The van der Waals surface area contributed by atoms with Crippen LogP contribution in [0.25, 0.3) is 16.9 Å². The molecule has 0 spiro atoms. The zero-order valence-electron chi connectivity index (χ0n) is 9.81. The number of pyridine rings is 1. The van der Waals surface area contributed by atoms with Gasteiger partial charge in [0, 0.05) is 6.07 Å². The molecule has 0 saturated heterocycles. The van der Waals surface area contributed by atoms with E-state index in [2.05, 4.69) is 9.97 Å². The number of anilines is 1. The van der Waals surface area contributed by atoms with Crippen LogP contribution < -0.4 is 5.73 Å². The number of hydrogen-bond acceptors (Lipinski definition) is 4. The second-order valence-electron chi connectivity index (χ2n) is 4.01. The summed E-state index contributed by atoms with van der Waals surface area (Å²) in [6, 6.07) is 6.28. The van der Waals surface area contributed by atoms with Gasteiger partial charge in [-0.2, -0.15) is 4.98 Å². The first kappa shape index (κ1) is 13.3. The van der Waals surface area contributed by atoms with Crippen LogP contribution in [-0.2, 0) is 0 Å². The number of imidazole rings is 1. The number of nitrogens with two attached hydrogens (primary N) is 1. The molecular formula is C12H7Cl3N4O. The van der Waals surface area contributed by atoms with Crippen molar-refractivity contribution in [3.8, 4) is 11.6 Å². The molecule has 0 amide bonds. The van der Waals surface area contributed by atoms with E-state index in [1.54, 1.807) is 18.2 Å². The standard InChI is InChI=1S/C12H7Cl3N4O/c13-5-1-3-7(10(15)9(5)14)19-11-6(17-12(19)16)2-4-8(20)18-11/h1-4H,(H2,16,17)(H,18,20). The van der Waals surface area contributed by atoms with Crippen molar-refractivity contribution in [3.05, 3.63) is 39.3 Å². The lowest BCUT2D eigenvalue weighted by Gasteiger charge is -2.10. The molecule has 3 N–H and O–H groups in total. The lowest BCUT2D eigenvalue weighted by molar-refractivity contribution is 0.455. The van der Waals surface area contributed by atoms with Gasteiger partial charge in [0.2, 0.25) is 11.8 Å². The number of benzene rings is 1. The minimum Gasteiger partial charge on any atom is -0.493 e. The van der Waals surface area contributed by atoms with Gasteiger partial charge < -0.3 is 10.8 Å². The second kappa shape index (κ2) is 4.70. The number of rotatable bonds is 1. The van der Waals surface area contributed by atoms with Crippen molar-refractivity contribution in [2.75, 3.05) is 5.73 Å². The zero-order chi connectivity index (χ0) is 14.4. The van der Waals surface area contributed by atoms with Gasteiger partial charge in [0.05, 0.1) is 20.8 Å². The van der Waals surface area contributed by atoms with Crippen LogP contribution in [-0.4, -0.2) is 19.6 Å². The summed E-state index contributed by atoms with van der Waals surface area (Å²) >= 11 is 18.1. The topological polar surface area (TPSA) is 77.0 Å². The average molecular weight is 330 g/mol. The Morgan fingerprint density at radius 1 is 1.00 bits per heavy atom. The van der Waals surface area contributed by atoms with Crippen molar-refractivity contribution in [3.63, 3.8) is 0 Å². The molecule has 0 bridgehead atoms. The van der Waals surface area contributed by atoms with Crippen LogP contribution in [0.15, 0.2) is 24.3 Å². The van der Waals surface area contributed by atoms with Gasteiger partial charge in [-0.3, -0.25) is 4.57 Å². The highest BCUT2D eigenvalue weighted by Crippen LogP contribution is 2.36. The quantitative estimate of drug-likeness (QED) is 0.668. The number of fused-ring (bicyclic) bond motifs is 1. The third-order valence-electron chi connectivity index (χ3n) is 2.77. The van der Waals surface area contributed by atoms with E-state index in [4.69, 9.17) is 40.5 Å². The Bertz CT molecular complexity index is 831. The van der Waals surface area contributed by atoms with E-state index in [1.165, 1.54) is 10.6 Å². The Hall–Kier alpha value is -1.69. The molecule has 0 unspecified atom stereocenters. The van der Waals surface area contributed by atoms with Crippen LogP contribution in [0, 0.1) is 0 Å². The summed E-state index contributed by atoms with van der Waals surface area (Å²) in [6.07, 6.45) is 0. The molecule has 3 rings (SSSR count). The molecule has 2 aromatic heterocycles. The maximum absolute atomic E-state index is 9.51. The van der Waals surface area contributed by atoms with Crippen molar-refractivity contribution < 1.29 is 5.11 Å². The Kier molecular flexibility index (Phi) is 3.12. The van der Waals surface area contributed by atoms with Gasteiger partial charge in [-0.15, -0.1) is 0 Å². The molecule has 8 heteroatoms. The Morgan fingerprint density at radius 2 is 1.75 bits per heavy atom. The largest absolute Gasteiger partial charge is 0.493 e. The van der Waals surface area contributed by atoms with E-state index < -0.39 is 0 Å². The normalized spacial score (nSPS) is 11.2. The minimum absolute atomic E-state index is 0.144. The first-order valence-corrected chi connectivity index (χ1v) is 6.60. The maximum atomic E-state index is 9.51. The van der Waals surface area contributed by atoms with Gasteiger partial charge in [-0.1, -0.05) is 34.8 Å². The van der Waals surface area contributed by atoms with Gasteiger partial charge in [0.15, 0.2) is 5.65 Å². The summed E-state index contributed by atoms with van der Waals surface area (Å²) in [5.41, 5.74) is 7.28. The van der Waals surface area contributed by atoms with Gasteiger partial charge in [-0.25, -0.2) is 4.98 Å². The molecule has 0 aliphatic carbocycles. The van der Waals surface area contributed by atoms with Crippen LogP contribution in [0.2, 0.25) is 15.1 Å². The molecule has 102 valence electrons. The number of halogens is 3. The lowest BCUT2D eigenvalue weighted by atomic mass is 10.3. The van der Waals surface area contributed by atoms with Gasteiger partial charge in [0.1, 0.15) is 5.52 Å². The van der Waals surface area contributed by atoms with E-state index in [0.29, 0.717) is 21.9 Å². The van der Waals surface area contributed by atoms with Crippen LogP contribution in [0.5, 0.6) is 5.88 Å². The van der Waals surface area contributed by atoms with Gasteiger partial charge in [0.25, 0.3) is 0 Å². The maximum Gasteiger partial charge on any atom is 0.212 e. The molecule has 2 heterocycles. The number of nitrogen functional groups attached to an aromatic ring is 1. The molecule has 0 aliphatic heterocycles. The summed E-state index contributed by atoms with van der Waals surface area (Å²) in [7, 11) is 0. The summed E-state index contributed by atoms with van der Waals surface area (Å²) in [6.45, 7) is 0. The summed E-state index contributed by atoms with van der Waals surface area (Å²) in [5.74, 6) is 0.0354. The first-order chi connectivity index (χ1) is 9.49. The molecule has 0 radical (unpaired) electrons. The van der Waals surface area contributed by atoms with Crippen molar-refractivity contribution in [2.45, 2.75) is 0 Å². The lowest BCUT2D eigenvalue weighted by Crippen LogP contribution is -2.02. The van der Waals surface area contributed by atoms with Crippen LogP contribution in [0.4, 0.5) is 5.95 Å². The molecule has 5 nitrogen and oxygen atoms in total. The van der Waals surface area contributed by atoms with Gasteiger partial charge >= 0.3 is 0 Å². The minimum atomic E-state index is -0.144. The number of hydrogen-bond donors (Lipinski definition) is 2. The fourth-order valence-corrected chi connectivity index (χ4v) is 2.51. The fraction of sp³-hybridized carbons (Fsp3) is 0. The molecule has 0 fully saturated rings. The summed E-state index contributed by atoms with van der Waals surface area (Å²) < 4.78 is 1.50. The number of aromatic nitrogens is 3. The predicted octanol–water partition coefficient (Wildman–Crippen LogP) is 3.67. The molecule has 3 aromatic rings. The zero-order valence-corrected chi connectivity index (χ0v) is 12.1. The molecule has 0 saturated carbocycles. The Labute approximate surface area is 128 Å². The number of aromatic hydroxyl groups is 1. The van der Waals surface area contributed by atoms with Crippen molar-refractivity contribution in [2.24, 2.45) is 0 Å². The monoisotopic (exact) mass is 328 g/mol. The van der Waals surface area contributed by atoms with E-state index in [-0.39, 0.29) is 21.9 Å². The molecular weight excluding hydrogens is 323 g/mol. The fourth-order valence-electron chi connectivity index (χ4n) is 1.89. The number of nitrogens with zero attached hydrogens (tertiary/aromatic N) is 3. The Morgan fingerprint density at radius 3 is 2.50 bits per heavy atom. The van der Waals surface area contributed by atoms with Crippen LogP contribution in [0.1, 0.15) is 0 Å².